The van der Waals surface area contributed by atoms with Crippen LogP contribution in [0.5, 0.6) is 11.5 Å². The summed E-state index contributed by atoms with van der Waals surface area (Å²) in [5.41, 5.74) is 0.0428. The third-order valence-corrected chi connectivity index (χ3v) is 4.46. The number of nitrogens with one attached hydrogen (secondary N) is 1. The van der Waals surface area contributed by atoms with Crippen molar-refractivity contribution in [2.45, 2.75) is 19.9 Å². The normalized spacial score (nSPS) is 17.8. The first kappa shape index (κ1) is 18.0. The molecule has 0 amide bonds. The molecule has 0 aliphatic carbocycles. The van der Waals surface area contributed by atoms with Gasteiger partial charge in [0.2, 0.25) is 0 Å². The molecule has 1 aromatic rings. The zero-order valence-corrected chi connectivity index (χ0v) is 14.4. The average Bonchev–Trinajstić information content (AvgIpc) is 2.57. The SMILES string of the molecule is COc1cc(F)c([C@H](N2CCNCC2)C(C)(C)CO)cc1OC. The number of aliphatic hydroxyl groups is 1. The lowest BCUT2D eigenvalue weighted by Gasteiger charge is -2.43. The first-order chi connectivity index (χ1) is 10.9. The number of hydrogen-bond acceptors (Lipinski definition) is 5. The highest BCUT2D eigenvalue weighted by Crippen LogP contribution is 2.42. The molecule has 2 N–H and O–H groups in total. The molecule has 130 valence electrons. The number of aliphatic hydroxyl groups excluding tert-OH is 1. The van der Waals surface area contributed by atoms with Crippen molar-refractivity contribution in [2.75, 3.05) is 47.0 Å². The van der Waals surface area contributed by atoms with E-state index in [1.807, 2.05) is 13.8 Å². The quantitative estimate of drug-likeness (QED) is 0.835. The van der Waals surface area contributed by atoms with Gasteiger partial charge in [-0.25, -0.2) is 4.39 Å². The second-order valence-electron chi connectivity index (χ2n) is 6.56. The van der Waals surface area contributed by atoms with Gasteiger partial charge in [0.15, 0.2) is 11.5 Å². The van der Waals surface area contributed by atoms with E-state index in [4.69, 9.17) is 9.47 Å². The molecular formula is C17H27FN2O3. The van der Waals surface area contributed by atoms with Gasteiger partial charge in [-0.2, -0.15) is 0 Å². The summed E-state index contributed by atoms with van der Waals surface area (Å²) in [6.07, 6.45) is 0. The summed E-state index contributed by atoms with van der Waals surface area (Å²) in [4.78, 5) is 2.22. The van der Waals surface area contributed by atoms with Crippen molar-refractivity contribution in [2.24, 2.45) is 5.41 Å². The Morgan fingerprint density at radius 1 is 1.22 bits per heavy atom. The second-order valence-corrected chi connectivity index (χ2v) is 6.56. The van der Waals surface area contributed by atoms with Crippen LogP contribution in [0.1, 0.15) is 25.5 Å². The van der Waals surface area contributed by atoms with Crippen LogP contribution < -0.4 is 14.8 Å². The van der Waals surface area contributed by atoms with Crippen LogP contribution in [0, 0.1) is 11.2 Å². The monoisotopic (exact) mass is 326 g/mol. The lowest BCUT2D eigenvalue weighted by molar-refractivity contribution is 0.0285. The second kappa shape index (κ2) is 7.47. The fraction of sp³-hybridized carbons (Fsp3) is 0.647. The Labute approximate surface area is 137 Å². The van der Waals surface area contributed by atoms with Crippen LogP contribution in [-0.2, 0) is 0 Å². The average molecular weight is 326 g/mol. The third kappa shape index (κ3) is 3.76. The van der Waals surface area contributed by atoms with E-state index in [0.29, 0.717) is 17.1 Å². The standard InChI is InChI=1S/C17H27FN2O3/c1-17(2,11-21)16(20-7-5-19-6-8-20)12-9-14(22-3)15(23-4)10-13(12)18/h9-10,16,19,21H,5-8,11H2,1-4H3/t16-/m0/s1. The van der Waals surface area contributed by atoms with Crippen LogP contribution in [0.4, 0.5) is 4.39 Å². The van der Waals surface area contributed by atoms with Gasteiger partial charge in [0.05, 0.1) is 14.2 Å². The van der Waals surface area contributed by atoms with E-state index in [1.54, 1.807) is 6.07 Å². The van der Waals surface area contributed by atoms with E-state index in [2.05, 4.69) is 10.2 Å². The fourth-order valence-corrected chi connectivity index (χ4v) is 3.22. The van der Waals surface area contributed by atoms with Gasteiger partial charge in [-0.1, -0.05) is 13.8 Å². The molecule has 0 spiro atoms. The molecule has 0 aromatic heterocycles. The zero-order chi connectivity index (χ0) is 17.0. The highest BCUT2D eigenvalue weighted by atomic mass is 19.1. The number of rotatable bonds is 6. The Kier molecular flexibility index (Phi) is 5.84. The minimum absolute atomic E-state index is 0.0324. The van der Waals surface area contributed by atoms with Gasteiger partial charge in [-0.3, -0.25) is 4.90 Å². The lowest BCUT2D eigenvalue weighted by atomic mass is 9.79. The first-order valence-corrected chi connectivity index (χ1v) is 7.91. The number of piperazine rings is 1. The summed E-state index contributed by atoms with van der Waals surface area (Å²) >= 11 is 0. The number of benzene rings is 1. The lowest BCUT2D eigenvalue weighted by Crippen LogP contribution is -2.49. The molecule has 0 bridgehead atoms. The maximum atomic E-state index is 14.8. The summed E-state index contributed by atoms with van der Waals surface area (Å²) in [6.45, 7) is 7.20. The molecule has 1 aliphatic rings. The fourth-order valence-electron chi connectivity index (χ4n) is 3.22. The number of hydrogen-bond donors (Lipinski definition) is 2. The van der Waals surface area contributed by atoms with Gasteiger partial charge in [-0.15, -0.1) is 0 Å². The minimum Gasteiger partial charge on any atom is -0.493 e. The van der Waals surface area contributed by atoms with Crippen molar-refractivity contribution in [3.8, 4) is 11.5 Å². The van der Waals surface area contributed by atoms with Gasteiger partial charge in [0, 0.05) is 55.9 Å². The number of halogens is 1. The number of nitrogens with zero attached hydrogens (tertiary/aromatic N) is 1. The molecule has 1 aliphatic heterocycles. The summed E-state index contributed by atoms with van der Waals surface area (Å²) in [5, 5.41) is 13.2. The van der Waals surface area contributed by atoms with Crippen molar-refractivity contribution in [1.29, 1.82) is 0 Å². The van der Waals surface area contributed by atoms with Crippen molar-refractivity contribution in [3.63, 3.8) is 0 Å². The van der Waals surface area contributed by atoms with Crippen LogP contribution in [-0.4, -0.2) is 57.0 Å². The van der Waals surface area contributed by atoms with Gasteiger partial charge >= 0.3 is 0 Å². The Hall–Kier alpha value is -1.37. The number of ether oxygens (including phenoxy) is 2. The molecule has 2 rings (SSSR count). The summed E-state index contributed by atoms with van der Waals surface area (Å²) in [6, 6.07) is 2.81. The summed E-state index contributed by atoms with van der Waals surface area (Å²) in [5.74, 6) is 0.528. The Morgan fingerprint density at radius 3 is 2.30 bits per heavy atom. The van der Waals surface area contributed by atoms with E-state index in [1.165, 1.54) is 20.3 Å². The van der Waals surface area contributed by atoms with Gasteiger partial charge in [0.25, 0.3) is 0 Å². The highest BCUT2D eigenvalue weighted by Gasteiger charge is 2.37. The van der Waals surface area contributed by atoms with Crippen molar-refractivity contribution >= 4 is 0 Å². The Balaban J connectivity index is 2.50. The van der Waals surface area contributed by atoms with E-state index in [0.717, 1.165) is 26.2 Å². The van der Waals surface area contributed by atoms with E-state index in [9.17, 15) is 9.50 Å². The maximum absolute atomic E-state index is 14.8. The molecule has 1 fully saturated rings. The largest absolute Gasteiger partial charge is 0.493 e. The summed E-state index contributed by atoms with van der Waals surface area (Å²) < 4.78 is 25.3. The number of methoxy groups -OCH3 is 2. The predicted molar refractivity (Wildman–Crippen MR) is 87.6 cm³/mol. The van der Waals surface area contributed by atoms with Crippen LogP contribution in [0.3, 0.4) is 0 Å². The van der Waals surface area contributed by atoms with Crippen molar-refractivity contribution < 1.29 is 19.0 Å². The van der Waals surface area contributed by atoms with E-state index < -0.39 is 5.41 Å². The molecule has 23 heavy (non-hydrogen) atoms. The molecule has 1 aromatic carbocycles. The van der Waals surface area contributed by atoms with Crippen molar-refractivity contribution in [1.82, 2.24) is 10.2 Å². The van der Waals surface area contributed by atoms with Crippen LogP contribution >= 0.6 is 0 Å². The zero-order valence-electron chi connectivity index (χ0n) is 14.4. The molecule has 0 radical (unpaired) electrons. The van der Waals surface area contributed by atoms with Gasteiger partial charge in [0.1, 0.15) is 5.82 Å². The van der Waals surface area contributed by atoms with Crippen LogP contribution in [0.15, 0.2) is 12.1 Å². The Morgan fingerprint density at radius 2 is 1.78 bits per heavy atom. The minimum atomic E-state index is -0.488. The van der Waals surface area contributed by atoms with Gasteiger partial charge in [-0.05, 0) is 6.07 Å². The first-order valence-electron chi connectivity index (χ1n) is 7.91. The predicted octanol–water partition coefficient (Wildman–Crippen LogP) is 1.81. The molecule has 1 heterocycles. The topological polar surface area (TPSA) is 54.0 Å². The van der Waals surface area contributed by atoms with E-state index >= 15 is 0 Å². The highest BCUT2D eigenvalue weighted by molar-refractivity contribution is 5.45. The molecule has 1 atom stereocenters. The Bertz CT molecular complexity index is 531. The molecule has 0 unspecified atom stereocenters. The van der Waals surface area contributed by atoms with E-state index in [-0.39, 0.29) is 18.5 Å². The molecule has 0 saturated carbocycles. The summed E-state index contributed by atoms with van der Waals surface area (Å²) in [7, 11) is 3.03. The molecule has 1 saturated heterocycles. The molecule has 5 nitrogen and oxygen atoms in total. The van der Waals surface area contributed by atoms with Crippen LogP contribution in [0.25, 0.3) is 0 Å². The van der Waals surface area contributed by atoms with Gasteiger partial charge < -0.3 is 19.9 Å². The van der Waals surface area contributed by atoms with Crippen LogP contribution in [0.2, 0.25) is 0 Å². The smallest absolute Gasteiger partial charge is 0.163 e. The maximum Gasteiger partial charge on any atom is 0.163 e. The molecule has 6 heteroatoms. The third-order valence-electron chi connectivity index (χ3n) is 4.46. The van der Waals surface area contributed by atoms with Crippen molar-refractivity contribution in [3.05, 3.63) is 23.5 Å². The molecular weight excluding hydrogens is 299 g/mol.